The Labute approximate surface area is 157 Å². The summed E-state index contributed by atoms with van der Waals surface area (Å²) in [6.07, 6.45) is 3.93. The SMILES string of the molecule is CC(=O)NCCCN(C(=O)C=Cc1n[nH]c2ccccc12)c1ccccc1. The van der Waals surface area contributed by atoms with Crippen molar-refractivity contribution in [1.29, 1.82) is 0 Å². The zero-order chi connectivity index (χ0) is 19.1. The van der Waals surface area contributed by atoms with Crippen LogP contribution in [-0.4, -0.2) is 35.1 Å². The van der Waals surface area contributed by atoms with Crippen LogP contribution in [0.4, 0.5) is 5.69 Å². The number of aromatic amines is 1. The summed E-state index contributed by atoms with van der Waals surface area (Å²) in [5.41, 5.74) is 2.48. The highest BCUT2D eigenvalue weighted by Gasteiger charge is 2.13. The van der Waals surface area contributed by atoms with Crippen molar-refractivity contribution in [1.82, 2.24) is 15.5 Å². The number of hydrogen-bond donors (Lipinski definition) is 2. The molecule has 2 amide bonds. The molecule has 2 N–H and O–H groups in total. The summed E-state index contributed by atoms with van der Waals surface area (Å²) in [4.78, 5) is 25.5. The number of nitrogens with zero attached hydrogens (tertiary/aromatic N) is 2. The maximum atomic E-state index is 12.8. The Bertz CT molecular complexity index is 947. The van der Waals surface area contributed by atoms with Crippen LogP contribution in [0.2, 0.25) is 0 Å². The lowest BCUT2D eigenvalue weighted by molar-refractivity contribution is -0.118. The van der Waals surface area contributed by atoms with Gasteiger partial charge in [-0.3, -0.25) is 14.7 Å². The first-order chi connectivity index (χ1) is 13.1. The quantitative estimate of drug-likeness (QED) is 0.501. The van der Waals surface area contributed by atoms with Crippen molar-refractivity contribution in [3.05, 3.63) is 66.4 Å². The number of para-hydroxylation sites is 2. The predicted molar refractivity (Wildman–Crippen MR) is 107 cm³/mol. The summed E-state index contributed by atoms with van der Waals surface area (Å²) in [5, 5.41) is 11.0. The van der Waals surface area contributed by atoms with E-state index in [4.69, 9.17) is 0 Å². The van der Waals surface area contributed by atoms with E-state index in [1.807, 2.05) is 54.6 Å². The molecule has 1 heterocycles. The van der Waals surface area contributed by atoms with E-state index in [-0.39, 0.29) is 11.8 Å². The minimum absolute atomic E-state index is 0.0714. The number of anilines is 1. The van der Waals surface area contributed by atoms with Crippen LogP contribution in [0.15, 0.2) is 60.7 Å². The number of nitrogens with one attached hydrogen (secondary N) is 2. The zero-order valence-electron chi connectivity index (χ0n) is 15.2. The van der Waals surface area contributed by atoms with Crippen molar-refractivity contribution in [2.45, 2.75) is 13.3 Å². The Morgan fingerprint density at radius 2 is 1.85 bits per heavy atom. The molecule has 138 valence electrons. The first kappa shape index (κ1) is 18.4. The lowest BCUT2D eigenvalue weighted by Crippen LogP contribution is -2.32. The van der Waals surface area contributed by atoms with Crippen LogP contribution in [0.25, 0.3) is 17.0 Å². The molecular weight excluding hydrogens is 340 g/mol. The Morgan fingerprint density at radius 1 is 1.11 bits per heavy atom. The molecule has 3 rings (SSSR count). The molecule has 27 heavy (non-hydrogen) atoms. The third kappa shape index (κ3) is 4.82. The molecule has 0 fully saturated rings. The first-order valence-corrected chi connectivity index (χ1v) is 8.87. The Kier molecular flexibility index (Phi) is 5.99. The maximum absolute atomic E-state index is 12.8. The molecule has 0 atom stereocenters. The highest BCUT2D eigenvalue weighted by molar-refractivity contribution is 6.04. The highest BCUT2D eigenvalue weighted by Crippen LogP contribution is 2.18. The molecule has 2 aromatic carbocycles. The first-order valence-electron chi connectivity index (χ1n) is 8.87. The number of benzene rings is 2. The minimum Gasteiger partial charge on any atom is -0.356 e. The number of hydrogen-bond acceptors (Lipinski definition) is 3. The highest BCUT2D eigenvalue weighted by atomic mass is 16.2. The second-order valence-corrected chi connectivity index (χ2v) is 6.15. The molecule has 0 saturated carbocycles. The van der Waals surface area contributed by atoms with Crippen LogP contribution >= 0.6 is 0 Å². The summed E-state index contributed by atoms with van der Waals surface area (Å²) in [6, 6.07) is 17.3. The number of fused-ring (bicyclic) bond motifs is 1. The van der Waals surface area contributed by atoms with Crippen molar-refractivity contribution in [2.24, 2.45) is 0 Å². The number of H-pyrrole nitrogens is 1. The summed E-state index contributed by atoms with van der Waals surface area (Å²) in [7, 11) is 0. The molecule has 0 saturated heterocycles. The summed E-state index contributed by atoms with van der Waals surface area (Å²) >= 11 is 0. The molecule has 0 unspecified atom stereocenters. The number of aromatic nitrogens is 2. The number of carbonyl (C=O) groups is 2. The van der Waals surface area contributed by atoms with Crippen LogP contribution in [0.1, 0.15) is 19.0 Å². The van der Waals surface area contributed by atoms with Gasteiger partial charge in [0.15, 0.2) is 0 Å². The molecule has 0 radical (unpaired) electrons. The fraction of sp³-hybridized carbons (Fsp3) is 0.190. The molecule has 0 aliphatic carbocycles. The van der Waals surface area contributed by atoms with E-state index in [0.29, 0.717) is 19.5 Å². The van der Waals surface area contributed by atoms with Crippen LogP contribution in [0.3, 0.4) is 0 Å². The normalized spacial score (nSPS) is 11.0. The molecule has 1 aromatic heterocycles. The minimum atomic E-state index is -0.129. The van der Waals surface area contributed by atoms with E-state index in [0.717, 1.165) is 22.3 Å². The summed E-state index contributed by atoms with van der Waals surface area (Å²) in [5.74, 6) is -0.200. The Hall–Kier alpha value is -3.41. The van der Waals surface area contributed by atoms with E-state index in [2.05, 4.69) is 15.5 Å². The van der Waals surface area contributed by atoms with Crippen molar-refractivity contribution in [3.8, 4) is 0 Å². The van der Waals surface area contributed by atoms with Gasteiger partial charge in [0.25, 0.3) is 5.91 Å². The van der Waals surface area contributed by atoms with Crippen LogP contribution in [0.5, 0.6) is 0 Å². The molecule has 6 nitrogen and oxygen atoms in total. The van der Waals surface area contributed by atoms with Crippen LogP contribution in [-0.2, 0) is 9.59 Å². The summed E-state index contributed by atoms with van der Waals surface area (Å²) in [6.45, 7) is 2.52. The van der Waals surface area contributed by atoms with Crippen molar-refractivity contribution >= 4 is 34.5 Å². The van der Waals surface area contributed by atoms with Gasteiger partial charge in [0, 0.05) is 37.2 Å². The predicted octanol–water partition coefficient (Wildman–Crippen LogP) is 3.14. The maximum Gasteiger partial charge on any atom is 0.251 e. The average molecular weight is 362 g/mol. The Morgan fingerprint density at radius 3 is 2.63 bits per heavy atom. The zero-order valence-corrected chi connectivity index (χ0v) is 15.2. The lowest BCUT2D eigenvalue weighted by atomic mass is 10.2. The van der Waals surface area contributed by atoms with E-state index in [1.165, 1.54) is 13.0 Å². The third-order valence-electron chi connectivity index (χ3n) is 4.15. The van der Waals surface area contributed by atoms with Crippen LogP contribution in [0, 0.1) is 0 Å². The largest absolute Gasteiger partial charge is 0.356 e. The molecular formula is C21H22N4O2. The van der Waals surface area contributed by atoms with Gasteiger partial charge in [-0.15, -0.1) is 0 Å². The second kappa shape index (κ2) is 8.80. The van der Waals surface area contributed by atoms with Gasteiger partial charge in [-0.05, 0) is 30.7 Å². The molecule has 0 aliphatic heterocycles. The monoisotopic (exact) mass is 362 g/mol. The van der Waals surface area contributed by atoms with Crippen molar-refractivity contribution < 1.29 is 9.59 Å². The van der Waals surface area contributed by atoms with Crippen molar-refractivity contribution in [3.63, 3.8) is 0 Å². The van der Waals surface area contributed by atoms with Gasteiger partial charge in [-0.2, -0.15) is 5.10 Å². The topological polar surface area (TPSA) is 78.1 Å². The van der Waals surface area contributed by atoms with Gasteiger partial charge in [0.05, 0.1) is 11.2 Å². The van der Waals surface area contributed by atoms with E-state index >= 15 is 0 Å². The van der Waals surface area contributed by atoms with Crippen LogP contribution < -0.4 is 10.2 Å². The number of carbonyl (C=O) groups excluding carboxylic acids is 2. The second-order valence-electron chi connectivity index (χ2n) is 6.15. The molecule has 0 bridgehead atoms. The van der Waals surface area contributed by atoms with Gasteiger partial charge in [-0.25, -0.2) is 0 Å². The van der Waals surface area contributed by atoms with Gasteiger partial charge < -0.3 is 10.2 Å². The van der Waals surface area contributed by atoms with Gasteiger partial charge in [0.2, 0.25) is 5.91 Å². The van der Waals surface area contributed by atoms with E-state index < -0.39 is 0 Å². The Balaban J connectivity index is 1.74. The smallest absolute Gasteiger partial charge is 0.251 e. The molecule has 0 spiro atoms. The molecule has 6 heteroatoms. The van der Waals surface area contributed by atoms with Gasteiger partial charge in [-0.1, -0.05) is 36.4 Å². The van der Waals surface area contributed by atoms with Gasteiger partial charge >= 0.3 is 0 Å². The van der Waals surface area contributed by atoms with E-state index in [1.54, 1.807) is 11.0 Å². The van der Waals surface area contributed by atoms with Crippen molar-refractivity contribution in [2.75, 3.05) is 18.0 Å². The fourth-order valence-electron chi connectivity index (χ4n) is 2.83. The standard InChI is InChI=1S/C21H22N4O2/c1-16(26)22-14-7-15-25(17-8-3-2-4-9-17)21(27)13-12-20-18-10-5-6-11-19(18)23-24-20/h2-6,8-13H,7,14-15H2,1H3,(H,22,26)(H,23,24). The molecule has 3 aromatic rings. The number of amides is 2. The molecule has 0 aliphatic rings. The van der Waals surface area contributed by atoms with E-state index in [9.17, 15) is 9.59 Å². The fourth-order valence-corrected chi connectivity index (χ4v) is 2.83. The lowest BCUT2D eigenvalue weighted by Gasteiger charge is -2.21. The number of rotatable bonds is 7. The average Bonchev–Trinajstić information content (AvgIpc) is 3.10. The third-order valence-corrected chi connectivity index (χ3v) is 4.15. The summed E-state index contributed by atoms with van der Waals surface area (Å²) < 4.78 is 0. The van der Waals surface area contributed by atoms with Gasteiger partial charge in [0.1, 0.15) is 0 Å².